The van der Waals surface area contributed by atoms with Crippen molar-refractivity contribution >= 4 is 23.9 Å². The zero-order valence-electron chi connectivity index (χ0n) is 45.9. The first-order valence-corrected chi connectivity index (χ1v) is 28.9. The number of carboxylic acid groups (broad SMARTS) is 1. The highest BCUT2D eigenvalue weighted by Gasteiger charge is 2.50. The van der Waals surface area contributed by atoms with E-state index in [1.165, 1.54) is 44.9 Å². The van der Waals surface area contributed by atoms with E-state index in [0.29, 0.717) is 19.3 Å². The molecule has 0 saturated carbocycles. The maximum Gasteiger partial charge on any atom is 0.335 e. The average Bonchev–Trinajstić information content (AvgIpc) is 3.37. The first-order chi connectivity index (χ1) is 35.6. The summed E-state index contributed by atoms with van der Waals surface area (Å²) >= 11 is 0. The predicted molar refractivity (Wildman–Crippen MR) is 294 cm³/mol. The molecule has 3 N–H and O–H groups in total. The molecule has 1 rings (SSSR count). The zero-order valence-corrected chi connectivity index (χ0v) is 45.9. The molecule has 12 nitrogen and oxygen atoms in total. The van der Waals surface area contributed by atoms with Gasteiger partial charge >= 0.3 is 23.9 Å². The number of aliphatic hydroxyl groups excluding tert-OH is 2. The summed E-state index contributed by atoms with van der Waals surface area (Å²) in [7, 11) is 0. The maximum absolute atomic E-state index is 13.1. The first-order valence-electron chi connectivity index (χ1n) is 28.9. The molecule has 418 valence electrons. The molecule has 12 heteroatoms. The second-order valence-corrected chi connectivity index (χ2v) is 19.5. The molecule has 0 amide bonds. The van der Waals surface area contributed by atoms with Gasteiger partial charge in [-0.1, -0.05) is 209 Å². The minimum absolute atomic E-state index is 0.0420. The highest BCUT2D eigenvalue weighted by molar-refractivity contribution is 5.74. The number of hydrogen-bond acceptors (Lipinski definition) is 11. The standard InChI is InChI=1S/C61H102O12/c1-4-7-10-13-16-19-22-24-25-26-27-28-29-31-33-35-38-41-44-47-53(62)69-50-52(71-54(63)48-45-42-39-36-32-21-18-15-12-9-6-3)51-70-61-59(57(66)56(65)58(73-61)60(67)68)72-55(64)49-46-43-40-37-34-30-23-20-17-14-11-8-5-2/h7,10-11,14,16,19-20,23-25,27-28,52,56-59,61,65-66H,4-6,8-9,12-13,15,17-18,21-22,26,29-51H2,1-3H3,(H,67,68)/b10-7-,14-11-,19-16-,23-20-,25-24-,28-27-. The van der Waals surface area contributed by atoms with Crippen molar-refractivity contribution in [1.82, 2.24) is 0 Å². The van der Waals surface area contributed by atoms with E-state index >= 15 is 0 Å². The zero-order chi connectivity index (χ0) is 53.3. The smallest absolute Gasteiger partial charge is 0.335 e. The van der Waals surface area contributed by atoms with Crippen molar-refractivity contribution < 1.29 is 58.2 Å². The highest BCUT2D eigenvalue weighted by atomic mass is 16.7. The molecule has 73 heavy (non-hydrogen) atoms. The van der Waals surface area contributed by atoms with Crippen LogP contribution < -0.4 is 0 Å². The summed E-state index contributed by atoms with van der Waals surface area (Å²) in [5.74, 6) is -3.15. The Morgan fingerprint density at radius 3 is 1.37 bits per heavy atom. The molecule has 6 atom stereocenters. The average molecular weight is 1030 g/mol. The van der Waals surface area contributed by atoms with Gasteiger partial charge in [-0.05, 0) is 83.5 Å². The molecule has 6 unspecified atom stereocenters. The number of allylic oxidation sites excluding steroid dienone is 12. The van der Waals surface area contributed by atoms with Crippen molar-refractivity contribution in [3.63, 3.8) is 0 Å². The topological polar surface area (TPSA) is 175 Å². The molecule has 0 bridgehead atoms. The third kappa shape index (κ3) is 39.3. The lowest BCUT2D eigenvalue weighted by Gasteiger charge is -2.40. The van der Waals surface area contributed by atoms with E-state index in [9.17, 15) is 34.5 Å². The van der Waals surface area contributed by atoms with E-state index in [4.69, 9.17) is 23.7 Å². The number of unbranched alkanes of at least 4 members (excludes halogenated alkanes) is 22. The third-order valence-corrected chi connectivity index (χ3v) is 12.7. The fourth-order valence-corrected chi connectivity index (χ4v) is 8.34. The van der Waals surface area contributed by atoms with Gasteiger partial charge in [0.2, 0.25) is 0 Å². The number of aliphatic carboxylic acids is 1. The Kier molecular flexibility index (Phi) is 45.1. The number of carbonyl (C=O) groups is 4. The lowest BCUT2D eigenvalue weighted by atomic mass is 9.98. The van der Waals surface area contributed by atoms with Crippen LogP contribution in [0, 0.1) is 0 Å². The Hall–Kier alpha value is -3.84. The second-order valence-electron chi connectivity index (χ2n) is 19.5. The largest absolute Gasteiger partial charge is 0.479 e. The number of esters is 3. The Labute approximate surface area is 442 Å². The number of rotatable bonds is 48. The summed E-state index contributed by atoms with van der Waals surface area (Å²) in [5, 5.41) is 31.4. The van der Waals surface area contributed by atoms with Crippen LogP contribution in [0.15, 0.2) is 72.9 Å². The molecular formula is C61H102O12. The van der Waals surface area contributed by atoms with Crippen LogP contribution in [0.2, 0.25) is 0 Å². The van der Waals surface area contributed by atoms with E-state index in [1.54, 1.807) is 0 Å². The van der Waals surface area contributed by atoms with Gasteiger partial charge in [0.25, 0.3) is 0 Å². The van der Waals surface area contributed by atoms with Gasteiger partial charge in [0.05, 0.1) is 6.61 Å². The van der Waals surface area contributed by atoms with Crippen molar-refractivity contribution in [2.45, 2.75) is 276 Å². The summed E-state index contributed by atoms with van der Waals surface area (Å²) in [6.45, 7) is 5.78. The van der Waals surface area contributed by atoms with Crippen molar-refractivity contribution in [2.75, 3.05) is 13.2 Å². The Morgan fingerprint density at radius 1 is 0.466 bits per heavy atom. The van der Waals surface area contributed by atoms with E-state index in [-0.39, 0.29) is 25.9 Å². The van der Waals surface area contributed by atoms with Gasteiger partial charge in [-0.3, -0.25) is 14.4 Å². The van der Waals surface area contributed by atoms with Gasteiger partial charge in [0.15, 0.2) is 24.6 Å². The molecule has 0 spiro atoms. The summed E-state index contributed by atoms with van der Waals surface area (Å²) in [6, 6.07) is 0. The van der Waals surface area contributed by atoms with Gasteiger partial charge in [0.1, 0.15) is 18.8 Å². The number of carbonyl (C=O) groups excluding carboxylic acids is 3. The lowest BCUT2D eigenvalue weighted by molar-refractivity contribution is -0.301. The molecule has 0 aliphatic carbocycles. The van der Waals surface area contributed by atoms with Crippen molar-refractivity contribution in [3.8, 4) is 0 Å². The number of aliphatic hydroxyl groups is 2. The molecule has 1 heterocycles. The second kappa shape index (κ2) is 49.1. The Bertz CT molecular complexity index is 1550. The molecule has 1 aliphatic heterocycles. The Morgan fingerprint density at radius 2 is 0.890 bits per heavy atom. The van der Waals surface area contributed by atoms with Gasteiger partial charge in [0, 0.05) is 19.3 Å². The van der Waals surface area contributed by atoms with Crippen LogP contribution in [-0.2, 0) is 42.9 Å². The molecule has 1 fully saturated rings. The summed E-state index contributed by atoms with van der Waals surface area (Å²) < 4.78 is 28.4. The van der Waals surface area contributed by atoms with E-state index in [2.05, 4.69) is 93.7 Å². The van der Waals surface area contributed by atoms with Crippen LogP contribution in [0.5, 0.6) is 0 Å². The van der Waals surface area contributed by atoms with Crippen LogP contribution in [0.3, 0.4) is 0 Å². The molecule has 1 saturated heterocycles. The molecule has 0 aromatic rings. The van der Waals surface area contributed by atoms with Crippen LogP contribution >= 0.6 is 0 Å². The molecule has 0 radical (unpaired) electrons. The summed E-state index contributed by atoms with van der Waals surface area (Å²) in [4.78, 5) is 51.0. The summed E-state index contributed by atoms with van der Waals surface area (Å²) in [5.41, 5.74) is 0. The van der Waals surface area contributed by atoms with E-state index in [1.807, 2.05) is 0 Å². The van der Waals surface area contributed by atoms with Crippen molar-refractivity contribution in [2.24, 2.45) is 0 Å². The van der Waals surface area contributed by atoms with Crippen molar-refractivity contribution in [3.05, 3.63) is 72.9 Å². The minimum atomic E-state index is -1.91. The van der Waals surface area contributed by atoms with Crippen LogP contribution in [0.4, 0.5) is 0 Å². The van der Waals surface area contributed by atoms with Crippen molar-refractivity contribution in [1.29, 1.82) is 0 Å². The van der Waals surface area contributed by atoms with E-state index in [0.717, 1.165) is 135 Å². The Balaban J connectivity index is 2.68. The first kappa shape index (κ1) is 67.2. The molecule has 0 aromatic heterocycles. The number of ether oxygens (including phenoxy) is 5. The van der Waals surface area contributed by atoms with Gasteiger partial charge in [-0.2, -0.15) is 0 Å². The van der Waals surface area contributed by atoms with Crippen LogP contribution in [0.1, 0.15) is 239 Å². The highest BCUT2D eigenvalue weighted by Crippen LogP contribution is 2.26. The number of carboxylic acids is 1. The van der Waals surface area contributed by atoms with E-state index < -0.39 is 67.3 Å². The monoisotopic (exact) mass is 1030 g/mol. The molecule has 1 aliphatic rings. The minimum Gasteiger partial charge on any atom is -0.479 e. The van der Waals surface area contributed by atoms with Crippen LogP contribution in [-0.4, -0.2) is 89.2 Å². The van der Waals surface area contributed by atoms with Gasteiger partial charge in [-0.25, -0.2) is 4.79 Å². The molecular weight excluding hydrogens is 925 g/mol. The SMILES string of the molecule is CC/C=C\C/C=C\C/C=C\C/C=C\CCCCCCCCC(=O)OCC(COC1OC(C(=O)O)C(O)C(O)C1OC(=O)CCCCCCC/C=C\C/C=C\CCC)OC(=O)CCCCCCCCCCCCC. The normalized spacial score (nSPS) is 18.8. The maximum atomic E-state index is 13.1. The molecule has 0 aromatic carbocycles. The fraction of sp³-hybridized carbons (Fsp3) is 0.738. The predicted octanol–water partition coefficient (Wildman–Crippen LogP) is 14.6. The van der Waals surface area contributed by atoms with Gasteiger partial charge < -0.3 is 39.0 Å². The third-order valence-electron chi connectivity index (χ3n) is 12.7. The van der Waals surface area contributed by atoms with Gasteiger partial charge in [-0.15, -0.1) is 0 Å². The number of hydrogen-bond donors (Lipinski definition) is 3. The summed E-state index contributed by atoms with van der Waals surface area (Å²) in [6.07, 6.45) is 48.8. The quantitative estimate of drug-likeness (QED) is 0.0228. The lowest BCUT2D eigenvalue weighted by Crippen LogP contribution is -2.61. The fourth-order valence-electron chi connectivity index (χ4n) is 8.34. The van der Waals surface area contributed by atoms with Crippen LogP contribution in [0.25, 0.3) is 0 Å².